The van der Waals surface area contributed by atoms with Crippen LogP contribution in [0.3, 0.4) is 0 Å². The Kier molecular flexibility index (Phi) is 6.52. The Morgan fingerprint density at radius 1 is 1.31 bits per heavy atom. The van der Waals surface area contributed by atoms with Crippen LogP contribution >= 0.6 is 23.1 Å². The second-order valence-electron chi connectivity index (χ2n) is 7.37. The van der Waals surface area contributed by atoms with Crippen molar-refractivity contribution in [2.24, 2.45) is 0 Å². The van der Waals surface area contributed by atoms with Gasteiger partial charge in [-0.3, -0.25) is 4.79 Å². The first-order valence-electron chi connectivity index (χ1n) is 10.1. The molecule has 29 heavy (non-hydrogen) atoms. The van der Waals surface area contributed by atoms with Gasteiger partial charge >= 0.3 is 0 Å². The standard InChI is InChI=1S/C21H26N4O2S2/c1-3-10-25-11-8-15(9-12-25)22-20(26)19-17(13-28-21-24-23-14(2)29-21)16-6-4-5-7-18(16)27-19/h4-7,15H,3,8-13H2,1-2H3,(H,22,26). The van der Waals surface area contributed by atoms with Gasteiger partial charge in [-0.25, -0.2) is 0 Å². The molecular weight excluding hydrogens is 404 g/mol. The number of hydrogen-bond acceptors (Lipinski definition) is 7. The predicted octanol–water partition coefficient (Wildman–Crippen LogP) is 4.49. The molecule has 1 aliphatic rings. The van der Waals surface area contributed by atoms with Crippen LogP contribution in [0.1, 0.15) is 47.3 Å². The first-order valence-corrected chi connectivity index (χ1v) is 11.9. The normalized spacial score (nSPS) is 15.8. The van der Waals surface area contributed by atoms with Gasteiger partial charge in [-0.2, -0.15) is 0 Å². The summed E-state index contributed by atoms with van der Waals surface area (Å²) in [7, 11) is 0. The molecule has 3 heterocycles. The van der Waals surface area contributed by atoms with Crippen molar-refractivity contribution in [3.63, 3.8) is 0 Å². The number of carbonyl (C=O) groups is 1. The zero-order valence-corrected chi connectivity index (χ0v) is 18.4. The van der Waals surface area contributed by atoms with E-state index < -0.39 is 0 Å². The van der Waals surface area contributed by atoms with Crippen molar-refractivity contribution in [2.75, 3.05) is 19.6 Å². The van der Waals surface area contributed by atoms with Crippen LogP contribution in [-0.4, -0.2) is 46.7 Å². The number of aromatic nitrogens is 2. The molecule has 0 atom stereocenters. The van der Waals surface area contributed by atoms with E-state index in [4.69, 9.17) is 4.42 Å². The first-order chi connectivity index (χ1) is 14.1. The van der Waals surface area contributed by atoms with Crippen molar-refractivity contribution in [1.82, 2.24) is 20.4 Å². The van der Waals surface area contributed by atoms with Crippen LogP contribution in [0.5, 0.6) is 0 Å². The van der Waals surface area contributed by atoms with Crippen molar-refractivity contribution in [1.29, 1.82) is 0 Å². The minimum Gasteiger partial charge on any atom is -0.451 e. The number of nitrogens with zero attached hydrogens (tertiary/aromatic N) is 3. The molecular formula is C21H26N4O2S2. The molecule has 2 aromatic heterocycles. The third-order valence-electron chi connectivity index (χ3n) is 5.21. The fraction of sp³-hybridized carbons (Fsp3) is 0.476. The van der Waals surface area contributed by atoms with E-state index in [2.05, 4.69) is 27.3 Å². The van der Waals surface area contributed by atoms with Crippen LogP contribution in [0.25, 0.3) is 11.0 Å². The summed E-state index contributed by atoms with van der Waals surface area (Å²) in [5.41, 5.74) is 1.68. The highest BCUT2D eigenvalue weighted by Crippen LogP contribution is 2.33. The Hall–Kier alpha value is -1.90. The molecule has 0 unspecified atom stereocenters. The van der Waals surface area contributed by atoms with Crippen LogP contribution < -0.4 is 5.32 Å². The highest BCUT2D eigenvalue weighted by molar-refractivity contribution is 8.00. The highest BCUT2D eigenvalue weighted by Gasteiger charge is 2.25. The van der Waals surface area contributed by atoms with Crippen LogP contribution in [0.4, 0.5) is 0 Å². The number of fused-ring (bicyclic) bond motifs is 1. The van der Waals surface area contributed by atoms with E-state index in [0.717, 1.165) is 58.4 Å². The van der Waals surface area contributed by atoms with Crippen molar-refractivity contribution >= 4 is 40.0 Å². The minimum absolute atomic E-state index is 0.112. The number of furan rings is 1. The lowest BCUT2D eigenvalue weighted by Gasteiger charge is -2.31. The van der Waals surface area contributed by atoms with E-state index >= 15 is 0 Å². The maximum absolute atomic E-state index is 13.1. The second kappa shape index (κ2) is 9.28. The lowest BCUT2D eigenvalue weighted by molar-refractivity contribution is 0.0884. The molecule has 8 heteroatoms. The van der Waals surface area contributed by atoms with E-state index in [1.54, 1.807) is 23.1 Å². The van der Waals surface area contributed by atoms with Gasteiger partial charge in [0.15, 0.2) is 10.1 Å². The fourth-order valence-corrected chi connectivity index (χ4v) is 5.61. The molecule has 0 saturated carbocycles. The van der Waals surface area contributed by atoms with Crippen LogP contribution in [-0.2, 0) is 5.75 Å². The molecule has 1 fully saturated rings. The van der Waals surface area contributed by atoms with E-state index in [1.807, 2.05) is 31.2 Å². The number of piperidine rings is 1. The molecule has 1 saturated heterocycles. The Balaban J connectivity index is 1.49. The van der Waals surface area contributed by atoms with Crippen LogP contribution in [0.15, 0.2) is 33.0 Å². The van der Waals surface area contributed by atoms with Crippen LogP contribution in [0.2, 0.25) is 0 Å². The molecule has 1 amide bonds. The number of aryl methyl sites for hydroxylation is 1. The van der Waals surface area contributed by atoms with Gasteiger partial charge in [-0.05, 0) is 38.8 Å². The molecule has 0 spiro atoms. The number of carbonyl (C=O) groups excluding carboxylic acids is 1. The van der Waals surface area contributed by atoms with E-state index in [1.165, 1.54) is 6.42 Å². The van der Waals surface area contributed by atoms with E-state index in [0.29, 0.717) is 11.5 Å². The van der Waals surface area contributed by atoms with Gasteiger partial charge in [0.05, 0.1) is 0 Å². The lowest BCUT2D eigenvalue weighted by Crippen LogP contribution is -2.44. The van der Waals surface area contributed by atoms with Crippen molar-refractivity contribution in [3.8, 4) is 0 Å². The number of hydrogen-bond donors (Lipinski definition) is 1. The third-order valence-corrected chi connectivity index (χ3v) is 7.21. The minimum atomic E-state index is -0.112. The number of thioether (sulfide) groups is 1. The molecule has 1 aliphatic heterocycles. The lowest BCUT2D eigenvalue weighted by atomic mass is 10.0. The van der Waals surface area contributed by atoms with E-state index in [-0.39, 0.29) is 11.9 Å². The Bertz CT molecular complexity index is 976. The van der Waals surface area contributed by atoms with Crippen molar-refractivity contribution in [2.45, 2.75) is 49.2 Å². The fourth-order valence-electron chi connectivity index (χ4n) is 3.76. The SMILES string of the molecule is CCCN1CCC(NC(=O)c2oc3ccccc3c2CSc2nnc(C)s2)CC1. The van der Waals surface area contributed by atoms with Crippen LogP contribution in [0, 0.1) is 6.92 Å². The van der Waals surface area contributed by atoms with Crippen molar-refractivity contribution in [3.05, 3.63) is 40.6 Å². The summed E-state index contributed by atoms with van der Waals surface area (Å²) >= 11 is 3.16. The summed E-state index contributed by atoms with van der Waals surface area (Å²) in [6.45, 7) is 7.37. The zero-order valence-electron chi connectivity index (χ0n) is 16.8. The summed E-state index contributed by atoms with van der Waals surface area (Å²) < 4.78 is 6.89. The topological polar surface area (TPSA) is 71.3 Å². The highest BCUT2D eigenvalue weighted by atomic mass is 32.2. The molecule has 0 radical (unpaired) electrons. The average Bonchev–Trinajstić information content (AvgIpc) is 3.31. The Morgan fingerprint density at radius 2 is 2.10 bits per heavy atom. The quantitative estimate of drug-likeness (QED) is 0.557. The number of amides is 1. The van der Waals surface area contributed by atoms with Gasteiger partial charge in [0.2, 0.25) is 0 Å². The summed E-state index contributed by atoms with van der Waals surface area (Å²) in [5, 5.41) is 13.4. The van der Waals surface area contributed by atoms with Gasteiger partial charge in [0, 0.05) is 35.8 Å². The van der Waals surface area contributed by atoms with Gasteiger partial charge < -0.3 is 14.6 Å². The predicted molar refractivity (Wildman–Crippen MR) is 118 cm³/mol. The maximum Gasteiger partial charge on any atom is 0.287 e. The number of benzene rings is 1. The smallest absolute Gasteiger partial charge is 0.287 e. The molecule has 1 aromatic carbocycles. The summed E-state index contributed by atoms with van der Waals surface area (Å²) in [5.74, 6) is 0.943. The summed E-state index contributed by atoms with van der Waals surface area (Å²) in [6, 6.07) is 8.04. The third kappa shape index (κ3) is 4.82. The zero-order chi connectivity index (χ0) is 20.2. The van der Waals surface area contributed by atoms with Gasteiger partial charge in [-0.1, -0.05) is 48.2 Å². The molecule has 3 aromatic rings. The largest absolute Gasteiger partial charge is 0.451 e. The van der Waals surface area contributed by atoms with Gasteiger partial charge in [0.1, 0.15) is 10.6 Å². The van der Waals surface area contributed by atoms with Crippen molar-refractivity contribution < 1.29 is 9.21 Å². The Labute approximate surface area is 179 Å². The molecule has 4 rings (SSSR count). The average molecular weight is 431 g/mol. The Morgan fingerprint density at radius 3 is 2.83 bits per heavy atom. The number of nitrogens with one attached hydrogen (secondary N) is 1. The number of para-hydroxylation sites is 1. The molecule has 0 aliphatic carbocycles. The van der Waals surface area contributed by atoms with Gasteiger partial charge in [-0.15, -0.1) is 10.2 Å². The molecule has 0 bridgehead atoms. The second-order valence-corrected chi connectivity index (χ2v) is 9.78. The van der Waals surface area contributed by atoms with Gasteiger partial charge in [0.25, 0.3) is 5.91 Å². The number of rotatable bonds is 7. The number of likely N-dealkylation sites (tertiary alicyclic amines) is 1. The molecule has 6 nitrogen and oxygen atoms in total. The first kappa shape index (κ1) is 20.4. The molecule has 154 valence electrons. The maximum atomic E-state index is 13.1. The summed E-state index contributed by atoms with van der Waals surface area (Å²) in [4.78, 5) is 15.5. The van der Waals surface area contributed by atoms with E-state index in [9.17, 15) is 4.79 Å². The summed E-state index contributed by atoms with van der Waals surface area (Å²) in [6.07, 6.45) is 3.14. The monoisotopic (exact) mass is 430 g/mol. The molecule has 1 N–H and O–H groups in total.